The first-order chi connectivity index (χ1) is 14.3. The molecule has 2 aliphatic rings. The average Bonchev–Trinajstić information content (AvgIpc) is 3.13. The van der Waals surface area contributed by atoms with Crippen molar-refractivity contribution in [3.8, 4) is 0 Å². The highest BCUT2D eigenvalue weighted by Gasteiger charge is 2.39. The summed E-state index contributed by atoms with van der Waals surface area (Å²) in [6.07, 6.45) is 7.96. The highest BCUT2D eigenvalue weighted by atomic mass is 19.1. The minimum Gasteiger partial charge on any atom is -0.368 e. The Bertz CT molecular complexity index is 761. The first-order valence-electron chi connectivity index (χ1n) is 11.0. The average molecular weight is 418 g/mol. The normalized spacial score (nSPS) is 23.2. The Kier molecular flexibility index (Phi) is 7.45. The molecule has 0 aromatic heterocycles. The molecule has 7 heteroatoms. The Balaban J connectivity index is 1.63. The summed E-state index contributed by atoms with van der Waals surface area (Å²) in [5, 5.41) is 2.80. The maximum atomic E-state index is 13.2. The van der Waals surface area contributed by atoms with Gasteiger partial charge in [0, 0.05) is 12.1 Å². The van der Waals surface area contributed by atoms with Gasteiger partial charge in [0.1, 0.15) is 17.9 Å². The van der Waals surface area contributed by atoms with E-state index in [0.717, 1.165) is 6.42 Å². The number of primary amides is 1. The van der Waals surface area contributed by atoms with Gasteiger partial charge in [-0.3, -0.25) is 14.4 Å². The molecule has 1 aromatic carbocycles. The largest absolute Gasteiger partial charge is 0.368 e. The molecule has 1 saturated heterocycles. The van der Waals surface area contributed by atoms with E-state index in [-0.39, 0.29) is 17.7 Å². The van der Waals surface area contributed by atoms with Crippen molar-refractivity contribution in [1.29, 1.82) is 0 Å². The van der Waals surface area contributed by atoms with E-state index in [9.17, 15) is 18.8 Å². The van der Waals surface area contributed by atoms with Gasteiger partial charge in [0.15, 0.2) is 0 Å². The molecule has 1 saturated carbocycles. The highest BCUT2D eigenvalue weighted by molar-refractivity contribution is 5.98. The maximum Gasteiger partial charge on any atom is 0.254 e. The summed E-state index contributed by atoms with van der Waals surface area (Å²) in [5.74, 6) is -0.876. The van der Waals surface area contributed by atoms with Crippen LogP contribution >= 0.6 is 0 Å². The number of benzene rings is 1. The van der Waals surface area contributed by atoms with Crippen molar-refractivity contribution in [2.45, 2.75) is 70.4 Å². The van der Waals surface area contributed by atoms with Gasteiger partial charge in [0.25, 0.3) is 5.91 Å². The third kappa shape index (κ3) is 5.58. The Morgan fingerprint density at radius 3 is 2.47 bits per heavy atom. The van der Waals surface area contributed by atoms with Gasteiger partial charge in [-0.1, -0.05) is 39.0 Å². The summed E-state index contributed by atoms with van der Waals surface area (Å²) in [4.78, 5) is 39.4. The first-order valence-corrected chi connectivity index (χ1v) is 11.0. The molecule has 30 heavy (non-hydrogen) atoms. The number of likely N-dealkylation sites (tertiary alicyclic amines) is 1. The lowest BCUT2D eigenvalue weighted by Crippen LogP contribution is -2.52. The summed E-state index contributed by atoms with van der Waals surface area (Å²) in [5.41, 5.74) is 5.90. The molecule has 3 amide bonds. The molecule has 3 atom stereocenters. The molecule has 0 bridgehead atoms. The van der Waals surface area contributed by atoms with Crippen molar-refractivity contribution in [2.75, 3.05) is 6.54 Å². The Morgan fingerprint density at radius 2 is 1.83 bits per heavy atom. The molecule has 164 valence electrons. The third-order valence-corrected chi connectivity index (χ3v) is 6.41. The van der Waals surface area contributed by atoms with Crippen LogP contribution in [-0.4, -0.2) is 41.2 Å². The molecule has 1 heterocycles. The molecule has 1 aliphatic heterocycles. The van der Waals surface area contributed by atoms with Gasteiger partial charge >= 0.3 is 0 Å². The second-order valence-corrected chi connectivity index (χ2v) is 8.87. The molecule has 0 spiro atoms. The number of carbonyl (C=O) groups excluding carboxylic acids is 3. The van der Waals surface area contributed by atoms with Crippen molar-refractivity contribution < 1.29 is 18.8 Å². The van der Waals surface area contributed by atoms with Crippen molar-refractivity contribution in [3.63, 3.8) is 0 Å². The number of nitrogens with one attached hydrogen (secondary N) is 1. The molecule has 6 nitrogen and oxygen atoms in total. The topological polar surface area (TPSA) is 92.5 Å². The molecule has 0 unspecified atom stereocenters. The van der Waals surface area contributed by atoms with Gasteiger partial charge in [0.2, 0.25) is 11.8 Å². The van der Waals surface area contributed by atoms with Gasteiger partial charge in [-0.15, -0.1) is 0 Å². The van der Waals surface area contributed by atoms with Crippen molar-refractivity contribution in [2.24, 2.45) is 17.6 Å². The van der Waals surface area contributed by atoms with Crippen molar-refractivity contribution in [1.82, 2.24) is 10.2 Å². The van der Waals surface area contributed by atoms with Gasteiger partial charge < -0.3 is 16.0 Å². The number of amides is 3. The summed E-state index contributed by atoms with van der Waals surface area (Å²) in [7, 11) is 0. The van der Waals surface area contributed by atoms with Crippen molar-refractivity contribution in [3.05, 3.63) is 35.6 Å². The van der Waals surface area contributed by atoms with Crippen LogP contribution in [0.1, 0.15) is 68.6 Å². The zero-order valence-electron chi connectivity index (χ0n) is 17.6. The van der Waals surface area contributed by atoms with E-state index < -0.39 is 23.8 Å². The van der Waals surface area contributed by atoms with Crippen molar-refractivity contribution >= 4 is 17.7 Å². The predicted octanol–water partition coefficient (Wildman–Crippen LogP) is 3.01. The van der Waals surface area contributed by atoms with Crippen LogP contribution in [0.25, 0.3) is 0 Å². The molecular weight excluding hydrogens is 385 g/mol. The number of nitrogens with zero attached hydrogens (tertiary/aromatic N) is 1. The van der Waals surface area contributed by atoms with E-state index in [4.69, 9.17) is 5.73 Å². The number of halogens is 1. The molecule has 1 aromatic rings. The van der Waals surface area contributed by atoms with Gasteiger partial charge in [-0.25, -0.2) is 4.39 Å². The van der Waals surface area contributed by atoms with E-state index in [1.807, 2.05) is 6.92 Å². The van der Waals surface area contributed by atoms with Crippen LogP contribution in [-0.2, 0) is 9.59 Å². The van der Waals surface area contributed by atoms with E-state index in [2.05, 4.69) is 5.32 Å². The number of carbonyl (C=O) groups is 3. The quantitative estimate of drug-likeness (QED) is 0.714. The zero-order valence-corrected chi connectivity index (χ0v) is 17.6. The minimum atomic E-state index is -0.724. The van der Waals surface area contributed by atoms with Crippen LogP contribution < -0.4 is 11.1 Å². The van der Waals surface area contributed by atoms with Gasteiger partial charge in [0.05, 0.1) is 0 Å². The molecule has 0 radical (unpaired) electrons. The standard InChI is InChI=1S/C23H32FN3O3/c1-15-13-20(27(14-15)23(30)17-8-10-18(24)11-9-17)22(29)26-19(21(25)28)12-7-16-5-3-2-4-6-16/h8-11,15-16,19-20H,2-7,12-14H2,1H3,(H2,25,28)(H,26,29)/t15-,19-,20-/m0/s1. The molecule has 3 N–H and O–H groups in total. The lowest BCUT2D eigenvalue weighted by molar-refractivity contribution is -0.130. The van der Waals surface area contributed by atoms with Crippen LogP contribution in [0.15, 0.2) is 24.3 Å². The number of hydrogen-bond donors (Lipinski definition) is 2. The number of hydrogen-bond acceptors (Lipinski definition) is 3. The van der Waals surface area contributed by atoms with E-state index in [1.54, 1.807) is 0 Å². The molecule has 3 rings (SSSR count). The van der Waals surface area contributed by atoms with Gasteiger partial charge in [-0.2, -0.15) is 0 Å². The van der Waals surface area contributed by atoms with E-state index in [0.29, 0.717) is 30.9 Å². The third-order valence-electron chi connectivity index (χ3n) is 6.41. The van der Waals surface area contributed by atoms with Crippen LogP contribution in [0.2, 0.25) is 0 Å². The van der Waals surface area contributed by atoms with Crippen LogP contribution in [0.5, 0.6) is 0 Å². The van der Waals surface area contributed by atoms with E-state index in [1.165, 1.54) is 61.3 Å². The van der Waals surface area contributed by atoms with Gasteiger partial charge in [-0.05, 0) is 55.4 Å². The fourth-order valence-corrected chi connectivity index (χ4v) is 4.71. The zero-order chi connectivity index (χ0) is 21.7. The number of nitrogens with two attached hydrogens (primary N) is 1. The van der Waals surface area contributed by atoms with E-state index >= 15 is 0 Å². The van der Waals surface area contributed by atoms with Crippen LogP contribution in [0.3, 0.4) is 0 Å². The lowest BCUT2D eigenvalue weighted by Gasteiger charge is -2.27. The fourth-order valence-electron chi connectivity index (χ4n) is 4.71. The smallest absolute Gasteiger partial charge is 0.254 e. The predicted molar refractivity (Wildman–Crippen MR) is 112 cm³/mol. The van der Waals surface area contributed by atoms with Crippen LogP contribution in [0, 0.1) is 17.7 Å². The Morgan fingerprint density at radius 1 is 1.17 bits per heavy atom. The summed E-state index contributed by atoms with van der Waals surface area (Å²) in [6, 6.07) is 3.93. The van der Waals surface area contributed by atoms with Crippen LogP contribution in [0.4, 0.5) is 4.39 Å². The second-order valence-electron chi connectivity index (χ2n) is 8.87. The fraction of sp³-hybridized carbons (Fsp3) is 0.609. The lowest BCUT2D eigenvalue weighted by atomic mass is 9.85. The molecule has 2 fully saturated rings. The minimum absolute atomic E-state index is 0.152. The Hall–Kier alpha value is -2.44. The number of rotatable bonds is 7. The molecular formula is C23H32FN3O3. The SMILES string of the molecule is C[C@H]1C[C@@H](C(=O)N[C@@H](CCC2CCCCC2)C(N)=O)N(C(=O)c2ccc(F)cc2)C1. The summed E-state index contributed by atoms with van der Waals surface area (Å²) >= 11 is 0. The molecule has 1 aliphatic carbocycles. The monoisotopic (exact) mass is 417 g/mol. The second kappa shape index (κ2) is 10.0. The maximum absolute atomic E-state index is 13.2. The first kappa shape index (κ1) is 22.2. The summed E-state index contributed by atoms with van der Waals surface area (Å²) in [6.45, 7) is 2.42. The summed E-state index contributed by atoms with van der Waals surface area (Å²) < 4.78 is 13.2. The highest BCUT2D eigenvalue weighted by Crippen LogP contribution is 2.28. The Labute approximate surface area is 177 Å².